The highest BCUT2D eigenvalue weighted by Gasteiger charge is 2.39. The van der Waals surface area contributed by atoms with E-state index in [9.17, 15) is 4.39 Å². The molecule has 1 aliphatic carbocycles. The number of rotatable bonds is 6. The van der Waals surface area contributed by atoms with E-state index in [2.05, 4.69) is 27.1 Å². The number of aromatic nitrogens is 5. The number of aryl methyl sites for hydroxylation is 3. The molecule has 1 saturated carbocycles. The van der Waals surface area contributed by atoms with Gasteiger partial charge in [0.2, 0.25) is 5.88 Å². The second-order valence-corrected chi connectivity index (χ2v) is 8.82. The molecule has 0 saturated heterocycles. The van der Waals surface area contributed by atoms with E-state index in [-0.39, 0.29) is 5.82 Å². The Hall–Kier alpha value is -3.61. The molecule has 0 radical (unpaired) electrons. The molecule has 0 bridgehead atoms. The zero-order valence-corrected chi connectivity index (χ0v) is 19.2. The van der Waals surface area contributed by atoms with E-state index in [1.807, 2.05) is 48.0 Å². The molecule has 6 nitrogen and oxygen atoms in total. The van der Waals surface area contributed by atoms with Crippen molar-refractivity contribution >= 4 is 0 Å². The SMILES string of the molecule is COc1nc(-c2cc(C)c(C[C@@H]3C[C@H]3c3ccc(C)c(F)c3)nn2)ccc1-n1cnc(C)c1. The zero-order valence-electron chi connectivity index (χ0n) is 19.2. The second kappa shape index (κ2) is 8.39. The maximum Gasteiger partial charge on any atom is 0.238 e. The van der Waals surface area contributed by atoms with Gasteiger partial charge in [0.15, 0.2) is 0 Å². The van der Waals surface area contributed by atoms with Gasteiger partial charge >= 0.3 is 0 Å². The molecule has 0 unspecified atom stereocenters. The minimum absolute atomic E-state index is 0.129. The van der Waals surface area contributed by atoms with E-state index in [1.165, 1.54) is 0 Å². The number of nitrogens with zero attached hydrogens (tertiary/aromatic N) is 5. The monoisotopic (exact) mass is 443 g/mol. The lowest BCUT2D eigenvalue weighted by atomic mass is 10.0. The van der Waals surface area contributed by atoms with Crippen molar-refractivity contribution in [1.29, 1.82) is 0 Å². The maximum atomic E-state index is 13.9. The van der Waals surface area contributed by atoms with E-state index >= 15 is 0 Å². The molecular weight excluding hydrogens is 417 g/mol. The lowest BCUT2D eigenvalue weighted by Crippen LogP contribution is -2.03. The second-order valence-electron chi connectivity index (χ2n) is 8.82. The van der Waals surface area contributed by atoms with Crippen LogP contribution in [0, 0.1) is 32.5 Å². The van der Waals surface area contributed by atoms with Crippen LogP contribution in [-0.4, -0.2) is 31.8 Å². The van der Waals surface area contributed by atoms with Crippen LogP contribution < -0.4 is 4.74 Å². The average Bonchev–Trinajstić information content (AvgIpc) is 3.45. The van der Waals surface area contributed by atoms with E-state index in [0.717, 1.165) is 41.0 Å². The summed E-state index contributed by atoms with van der Waals surface area (Å²) in [4.78, 5) is 8.92. The van der Waals surface area contributed by atoms with Gasteiger partial charge in [0, 0.05) is 6.20 Å². The largest absolute Gasteiger partial charge is 0.479 e. The number of hydrogen-bond donors (Lipinski definition) is 0. The fourth-order valence-corrected chi connectivity index (χ4v) is 4.28. The molecule has 2 atom stereocenters. The van der Waals surface area contributed by atoms with Gasteiger partial charge in [-0.15, -0.1) is 5.10 Å². The van der Waals surface area contributed by atoms with Gasteiger partial charge in [-0.2, -0.15) is 5.10 Å². The van der Waals surface area contributed by atoms with Crippen molar-refractivity contribution in [3.63, 3.8) is 0 Å². The smallest absolute Gasteiger partial charge is 0.238 e. The molecule has 3 heterocycles. The minimum Gasteiger partial charge on any atom is -0.479 e. The summed E-state index contributed by atoms with van der Waals surface area (Å²) in [5.41, 5.74) is 6.97. The molecular formula is C26H26FN5O. The molecule has 0 spiro atoms. The standard InChI is InChI=1S/C26H26FN5O/c1-15-5-6-18(11-21(15)27)20-10-19(20)12-23-16(2)9-24(31-30-23)22-7-8-25(26(29-22)33-4)32-13-17(3)28-14-32/h5-9,11,13-14,19-20H,10,12H2,1-4H3/t19-,20-/m0/s1. The predicted molar refractivity (Wildman–Crippen MR) is 124 cm³/mol. The fourth-order valence-electron chi connectivity index (χ4n) is 4.28. The Labute approximate surface area is 192 Å². The van der Waals surface area contributed by atoms with Gasteiger partial charge in [0.25, 0.3) is 0 Å². The molecule has 4 aromatic rings. The predicted octanol–water partition coefficient (Wildman–Crippen LogP) is 5.14. The molecule has 3 aromatic heterocycles. The van der Waals surface area contributed by atoms with Crippen LogP contribution >= 0.6 is 0 Å². The topological polar surface area (TPSA) is 65.7 Å². The van der Waals surface area contributed by atoms with Crippen LogP contribution in [0.15, 0.2) is 48.9 Å². The van der Waals surface area contributed by atoms with Crippen molar-refractivity contribution in [1.82, 2.24) is 24.7 Å². The van der Waals surface area contributed by atoms with Gasteiger partial charge in [-0.1, -0.05) is 12.1 Å². The minimum atomic E-state index is -0.129. The first-order valence-electron chi connectivity index (χ1n) is 11.1. The molecule has 1 fully saturated rings. The van der Waals surface area contributed by atoms with Crippen molar-refractivity contribution < 1.29 is 9.13 Å². The lowest BCUT2D eigenvalue weighted by Gasteiger charge is -2.11. The molecule has 0 amide bonds. The van der Waals surface area contributed by atoms with Crippen molar-refractivity contribution in [3.8, 4) is 23.0 Å². The number of halogens is 1. The molecule has 0 N–H and O–H groups in total. The summed E-state index contributed by atoms with van der Waals surface area (Å²) in [6.07, 6.45) is 5.56. The Balaban J connectivity index is 1.33. The number of pyridine rings is 1. The summed E-state index contributed by atoms with van der Waals surface area (Å²) in [7, 11) is 1.60. The Morgan fingerprint density at radius 2 is 1.88 bits per heavy atom. The maximum absolute atomic E-state index is 13.9. The molecule has 168 valence electrons. The Morgan fingerprint density at radius 3 is 2.58 bits per heavy atom. The average molecular weight is 444 g/mol. The fraction of sp³-hybridized carbons (Fsp3) is 0.308. The van der Waals surface area contributed by atoms with Gasteiger partial charge in [-0.05, 0) is 86.4 Å². The molecule has 5 rings (SSSR count). The highest BCUT2D eigenvalue weighted by molar-refractivity contribution is 5.59. The van der Waals surface area contributed by atoms with Crippen molar-refractivity contribution in [2.45, 2.75) is 39.5 Å². The molecule has 33 heavy (non-hydrogen) atoms. The van der Waals surface area contributed by atoms with Crippen molar-refractivity contribution in [3.05, 3.63) is 82.8 Å². The zero-order chi connectivity index (χ0) is 23.1. The van der Waals surface area contributed by atoms with Gasteiger partial charge < -0.3 is 9.30 Å². The number of hydrogen-bond acceptors (Lipinski definition) is 5. The summed E-state index contributed by atoms with van der Waals surface area (Å²) < 4.78 is 21.3. The van der Waals surface area contributed by atoms with E-state index in [1.54, 1.807) is 26.4 Å². The number of ether oxygens (including phenoxy) is 1. The Morgan fingerprint density at radius 1 is 1.03 bits per heavy atom. The molecule has 1 aliphatic rings. The van der Waals surface area contributed by atoms with Crippen LogP contribution in [0.1, 0.15) is 40.4 Å². The third kappa shape index (κ3) is 4.23. The van der Waals surface area contributed by atoms with Gasteiger partial charge in [-0.3, -0.25) is 0 Å². The first kappa shape index (κ1) is 21.2. The Kier molecular flexibility index (Phi) is 5.40. The van der Waals surface area contributed by atoms with Gasteiger partial charge in [-0.25, -0.2) is 14.4 Å². The highest BCUT2D eigenvalue weighted by Crippen LogP contribution is 2.49. The molecule has 1 aromatic carbocycles. The lowest BCUT2D eigenvalue weighted by molar-refractivity contribution is 0.396. The van der Waals surface area contributed by atoms with Crippen LogP contribution in [0.2, 0.25) is 0 Å². The van der Waals surface area contributed by atoms with E-state index in [4.69, 9.17) is 4.74 Å². The molecule has 0 aliphatic heterocycles. The third-order valence-corrected chi connectivity index (χ3v) is 6.37. The van der Waals surface area contributed by atoms with Crippen molar-refractivity contribution in [2.24, 2.45) is 5.92 Å². The normalized spacial score (nSPS) is 17.2. The number of imidazole rings is 1. The third-order valence-electron chi connectivity index (χ3n) is 6.37. The number of methoxy groups -OCH3 is 1. The first-order valence-corrected chi connectivity index (χ1v) is 11.1. The molecule has 7 heteroatoms. The van der Waals surface area contributed by atoms with Gasteiger partial charge in [0.1, 0.15) is 17.2 Å². The quantitative estimate of drug-likeness (QED) is 0.413. The summed E-state index contributed by atoms with van der Waals surface area (Å²) in [5, 5.41) is 8.96. The van der Waals surface area contributed by atoms with Gasteiger partial charge in [0.05, 0.1) is 30.5 Å². The van der Waals surface area contributed by atoms with Crippen LogP contribution in [0.25, 0.3) is 17.1 Å². The van der Waals surface area contributed by atoms with Crippen LogP contribution in [-0.2, 0) is 6.42 Å². The van der Waals surface area contributed by atoms with Crippen LogP contribution in [0.4, 0.5) is 4.39 Å². The van der Waals surface area contributed by atoms with Crippen LogP contribution in [0.5, 0.6) is 5.88 Å². The highest BCUT2D eigenvalue weighted by atomic mass is 19.1. The van der Waals surface area contributed by atoms with E-state index in [0.29, 0.717) is 34.7 Å². The summed E-state index contributed by atoms with van der Waals surface area (Å²) >= 11 is 0. The Bertz CT molecular complexity index is 1330. The van der Waals surface area contributed by atoms with Crippen molar-refractivity contribution in [2.75, 3.05) is 7.11 Å². The summed E-state index contributed by atoms with van der Waals surface area (Å²) in [6.45, 7) is 5.78. The summed E-state index contributed by atoms with van der Waals surface area (Å²) in [5.74, 6) is 1.24. The summed E-state index contributed by atoms with van der Waals surface area (Å²) in [6, 6.07) is 11.5. The van der Waals surface area contributed by atoms with E-state index < -0.39 is 0 Å². The number of benzene rings is 1. The first-order chi connectivity index (χ1) is 15.9. The van der Waals surface area contributed by atoms with Crippen LogP contribution in [0.3, 0.4) is 0 Å².